The largest absolute Gasteiger partial charge is 0.376 e. The van der Waals surface area contributed by atoms with Crippen LogP contribution in [0.15, 0.2) is 30.6 Å². The van der Waals surface area contributed by atoms with Gasteiger partial charge in [-0.15, -0.1) is 0 Å². The van der Waals surface area contributed by atoms with Gasteiger partial charge in [0.1, 0.15) is 0 Å². The van der Waals surface area contributed by atoms with Crippen LogP contribution in [-0.2, 0) is 24.9 Å². The van der Waals surface area contributed by atoms with E-state index in [1.54, 1.807) is 6.20 Å². The molecule has 2 aromatic heterocycles. The summed E-state index contributed by atoms with van der Waals surface area (Å²) < 4.78 is 8.03. The number of piperidine rings is 1. The fourth-order valence-electron chi connectivity index (χ4n) is 4.69. The van der Waals surface area contributed by atoms with E-state index in [4.69, 9.17) is 4.74 Å². The topological polar surface area (TPSA) is 46.4 Å². The van der Waals surface area contributed by atoms with Crippen molar-refractivity contribution in [2.24, 2.45) is 13.0 Å². The number of hydrogen-bond acceptors (Lipinski definition) is 5. The molecular weight excluding hydrogens is 338 g/mol. The molecule has 2 aliphatic heterocycles. The summed E-state index contributed by atoms with van der Waals surface area (Å²) in [4.78, 5) is 9.28. The van der Waals surface area contributed by atoms with Crippen molar-refractivity contribution in [3.63, 3.8) is 0 Å². The van der Waals surface area contributed by atoms with E-state index in [1.165, 1.54) is 25.1 Å². The molecular formula is C21H31N5O. The van der Waals surface area contributed by atoms with Crippen molar-refractivity contribution in [3.05, 3.63) is 47.5 Å². The van der Waals surface area contributed by atoms with Gasteiger partial charge in [-0.25, -0.2) is 0 Å². The van der Waals surface area contributed by atoms with Gasteiger partial charge >= 0.3 is 0 Å². The van der Waals surface area contributed by atoms with Gasteiger partial charge in [-0.1, -0.05) is 6.07 Å². The summed E-state index contributed by atoms with van der Waals surface area (Å²) in [6.45, 7) is 8.03. The third kappa shape index (κ3) is 4.08. The maximum atomic E-state index is 6.01. The molecule has 0 amide bonds. The number of pyridine rings is 1. The molecule has 0 radical (unpaired) electrons. The summed E-state index contributed by atoms with van der Waals surface area (Å²) in [5.41, 5.74) is 3.88. The molecule has 1 spiro atoms. The quantitative estimate of drug-likeness (QED) is 0.781. The number of aromatic nitrogens is 3. The zero-order valence-corrected chi connectivity index (χ0v) is 16.8. The van der Waals surface area contributed by atoms with E-state index in [0.717, 1.165) is 37.5 Å². The second-order valence-electron chi connectivity index (χ2n) is 8.43. The van der Waals surface area contributed by atoms with Crippen molar-refractivity contribution in [1.29, 1.82) is 0 Å². The highest BCUT2D eigenvalue weighted by Crippen LogP contribution is 2.39. The molecule has 2 saturated heterocycles. The van der Waals surface area contributed by atoms with Gasteiger partial charge in [0.15, 0.2) is 0 Å². The first-order valence-electron chi connectivity index (χ1n) is 9.94. The first-order valence-corrected chi connectivity index (χ1v) is 9.94. The Morgan fingerprint density at radius 2 is 2.15 bits per heavy atom. The molecule has 2 fully saturated rings. The molecule has 0 aliphatic carbocycles. The van der Waals surface area contributed by atoms with Crippen molar-refractivity contribution in [2.75, 3.05) is 33.3 Å². The van der Waals surface area contributed by atoms with Crippen LogP contribution in [0.5, 0.6) is 0 Å². The van der Waals surface area contributed by atoms with Crippen molar-refractivity contribution < 1.29 is 4.74 Å². The van der Waals surface area contributed by atoms with Crippen LogP contribution >= 0.6 is 0 Å². The van der Waals surface area contributed by atoms with E-state index in [2.05, 4.69) is 46.0 Å². The number of nitrogens with zero attached hydrogens (tertiary/aromatic N) is 5. The molecule has 2 aliphatic rings. The minimum Gasteiger partial charge on any atom is -0.376 e. The molecule has 0 N–H and O–H groups in total. The van der Waals surface area contributed by atoms with Gasteiger partial charge in [-0.3, -0.25) is 19.5 Å². The first kappa shape index (κ1) is 18.6. The van der Waals surface area contributed by atoms with Crippen molar-refractivity contribution in [3.8, 4) is 0 Å². The molecule has 4 heterocycles. The SMILES string of the molecule is Cc1cc(CN2CC3(CC(COCc4cccnc4)CCN3C)C2)n(C)n1. The highest BCUT2D eigenvalue weighted by atomic mass is 16.5. The van der Waals surface area contributed by atoms with Gasteiger partial charge in [0.05, 0.1) is 18.0 Å². The summed E-state index contributed by atoms with van der Waals surface area (Å²) >= 11 is 0. The van der Waals surface area contributed by atoms with E-state index < -0.39 is 0 Å². The van der Waals surface area contributed by atoms with Gasteiger partial charge < -0.3 is 4.74 Å². The first-order chi connectivity index (χ1) is 13.0. The Labute approximate surface area is 162 Å². The van der Waals surface area contributed by atoms with Crippen LogP contribution in [-0.4, -0.2) is 63.4 Å². The number of likely N-dealkylation sites (N-methyl/N-ethyl adjacent to an activating group) is 1. The maximum absolute atomic E-state index is 6.01. The van der Waals surface area contributed by atoms with Crippen LogP contribution in [0.4, 0.5) is 0 Å². The number of likely N-dealkylation sites (tertiary alicyclic amines) is 2. The summed E-state index contributed by atoms with van der Waals surface area (Å²) in [6.07, 6.45) is 6.16. The summed E-state index contributed by atoms with van der Waals surface area (Å²) in [7, 11) is 4.33. The van der Waals surface area contributed by atoms with Crippen LogP contribution in [0, 0.1) is 12.8 Å². The molecule has 0 saturated carbocycles. The lowest BCUT2D eigenvalue weighted by Gasteiger charge is -2.58. The van der Waals surface area contributed by atoms with Crippen molar-refractivity contribution in [2.45, 2.75) is 38.5 Å². The predicted molar refractivity (Wildman–Crippen MR) is 105 cm³/mol. The molecule has 6 nitrogen and oxygen atoms in total. The van der Waals surface area contributed by atoms with Crippen LogP contribution in [0.3, 0.4) is 0 Å². The minimum atomic E-state index is 0.328. The third-order valence-electron chi connectivity index (χ3n) is 6.22. The average molecular weight is 370 g/mol. The maximum Gasteiger partial charge on any atom is 0.0731 e. The van der Waals surface area contributed by atoms with Crippen LogP contribution in [0.2, 0.25) is 0 Å². The highest BCUT2D eigenvalue weighted by Gasteiger charge is 2.49. The average Bonchev–Trinajstić information content (AvgIpc) is 2.94. The van der Waals surface area contributed by atoms with Crippen LogP contribution in [0.25, 0.3) is 0 Å². The van der Waals surface area contributed by atoms with Gasteiger partial charge in [0.2, 0.25) is 0 Å². The van der Waals surface area contributed by atoms with Crippen molar-refractivity contribution >= 4 is 0 Å². The van der Waals surface area contributed by atoms with Gasteiger partial charge in [0, 0.05) is 51.2 Å². The standard InChI is InChI=1S/C21H31N5O/c1-17-9-20(25(3)23-17)12-26-15-21(16-26)10-18(6-8-24(21)2)13-27-14-19-5-4-7-22-11-19/h4-5,7,9,11,18H,6,8,10,12-16H2,1-3H3. The van der Waals surface area contributed by atoms with E-state index in [9.17, 15) is 0 Å². The Hall–Kier alpha value is -1.76. The number of aryl methyl sites for hydroxylation is 2. The van der Waals surface area contributed by atoms with E-state index in [1.807, 2.05) is 24.0 Å². The molecule has 4 rings (SSSR count). The highest BCUT2D eigenvalue weighted by molar-refractivity contribution is 5.12. The molecule has 1 atom stereocenters. The Morgan fingerprint density at radius 3 is 2.85 bits per heavy atom. The summed E-state index contributed by atoms with van der Waals surface area (Å²) in [6, 6.07) is 6.24. The van der Waals surface area contributed by atoms with Gasteiger partial charge in [-0.05, 0) is 57.0 Å². The smallest absolute Gasteiger partial charge is 0.0731 e. The predicted octanol–water partition coefficient (Wildman–Crippen LogP) is 2.24. The molecule has 0 aromatic carbocycles. The normalized spacial score (nSPS) is 22.9. The number of ether oxygens (including phenoxy) is 1. The van der Waals surface area contributed by atoms with Crippen LogP contribution in [0.1, 0.15) is 29.8 Å². The Balaban J connectivity index is 1.27. The molecule has 1 unspecified atom stereocenters. The van der Waals surface area contributed by atoms with E-state index in [0.29, 0.717) is 18.1 Å². The molecule has 2 aromatic rings. The zero-order valence-electron chi connectivity index (χ0n) is 16.8. The monoisotopic (exact) mass is 369 g/mol. The lowest BCUT2D eigenvalue weighted by molar-refractivity contribution is -0.0941. The van der Waals surface area contributed by atoms with Crippen molar-refractivity contribution in [1.82, 2.24) is 24.6 Å². The van der Waals surface area contributed by atoms with E-state index in [-0.39, 0.29) is 0 Å². The molecule has 27 heavy (non-hydrogen) atoms. The minimum absolute atomic E-state index is 0.328. The zero-order chi connectivity index (χ0) is 18.9. The Kier molecular flexibility index (Phi) is 5.30. The lowest BCUT2D eigenvalue weighted by Crippen LogP contribution is -2.71. The Morgan fingerprint density at radius 1 is 1.30 bits per heavy atom. The number of rotatable bonds is 6. The third-order valence-corrected chi connectivity index (χ3v) is 6.22. The summed E-state index contributed by atoms with van der Waals surface area (Å²) in [5.74, 6) is 0.652. The fraction of sp³-hybridized carbons (Fsp3) is 0.619. The molecule has 6 heteroatoms. The van der Waals surface area contributed by atoms with Gasteiger partial charge in [0.25, 0.3) is 0 Å². The molecule has 0 bridgehead atoms. The lowest BCUT2D eigenvalue weighted by atomic mass is 9.75. The second kappa shape index (κ2) is 7.70. The Bertz CT molecular complexity index is 753. The van der Waals surface area contributed by atoms with Crippen LogP contribution < -0.4 is 0 Å². The molecule has 146 valence electrons. The fourth-order valence-corrected chi connectivity index (χ4v) is 4.69. The summed E-state index contributed by atoms with van der Waals surface area (Å²) in [5, 5.41) is 4.47. The second-order valence-corrected chi connectivity index (χ2v) is 8.43. The van der Waals surface area contributed by atoms with E-state index >= 15 is 0 Å². The number of hydrogen-bond donors (Lipinski definition) is 0. The van der Waals surface area contributed by atoms with Gasteiger partial charge in [-0.2, -0.15) is 5.10 Å².